The Kier molecular flexibility index (Phi) is 2.46. The minimum absolute atomic E-state index is 0.0353. The molecule has 2 aliphatic carbocycles. The first-order valence-electron chi connectivity index (χ1n) is 6.19. The van der Waals surface area contributed by atoms with Crippen LogP contribution in [0.5, 0.6) is 5.75 Å². The Balaban J connectivity index is 2.31. The first kappa shape index (κ1) is 12.0. The average Bonchev–Trinajstić information content (AvgIpc) is 2.64. The maximum atomic E-state index is 11.9. The number of carbonyl (C=O) groups excluding carboxylic acids is 1. The molecule has 0 heterocycles. The normalized spacial score (nSPS) is 26.3. The second-order valence-electron chi connectivity index (χ2n) is 5.59. The standard InChI is InChI=1S/C15H15BrO2/c1-8-10-7-15(2)6-5-12(18)14(16)13(15)9(10)3-4-11(8)17/h3-4,17H,5-7H2,1-2H3. The van der Waals surface area contributed by atoms with Crippen molar-refractivity contribution in [1.82, 2.24) is 0 Å². The Morgan fingerprint density at radius 2 is 2.11 bits per heavy atom. The molecule has 2 nitrogen and oxygen atoms in total. The molecule has 0 saturated carbocycles. The lowest BCUT2D eigenvalue weighted by Gasteiger charge is -2.30. The summed E-state index contributed by atoms with van der Waals surface area (Å²) >= 11 is 3.48. The Labute approximate surface area is 115 Å². The van der Waals surface area contributed by atoms with E-state index < -0.39 is 0 Å². The molecule has 94 valence electrons. The van der Waals surface area contributed by atoms with Crippen LogP contribution in [0.15, 0.2) is 16.6 Å². The topological polar surface area (TPSA) is 37.3 Å². The minimum atomic E-state index is 0.0353. The zero-order chi connectivity index (χ0) is 13.1. The molecule has 3 rings (SSSR count). The van der Waals surface area contributed by atoms with E-state index in [0.717, 1.165) is 34.0 Å². The summed E-state index contributed by atoms with van der Waals surface area (Å²) < 4.78 is 0.736. The van der Waals surface area contributed by atoms with Crippen molar-refractivity contribution in [3.8, 4) is 5.75 Å². The van der Waals surface area contributed by atoms with E-state index in [0.29, 0.717) is 12.2 Å². The van der Waals surface area contributed by atoms with Gasteiger partial charge in [0.05, 0.1) is 4.48 Å². The zero-order valence-electron chi connectivity index (χ0n) is 10.5. The van der Waals surface area contributed by atoms with Gasteiger partial charge in [-0.2, -0.15) is 0 Å². The van der Waals surface area contributed by atoms with Crippen LogP contribution in [0.25, 0.3) is 5.57 Å². The van der Waals surface area contributed by atoms with Crippen molar-refractivity contribution in [3.05, 3.63) is 33.3 Å². The van der Waals surface area contributed by atoms with E-state index in [1.54, 1.807) is 6.07 Å². The fourth-order valence-corrected chi connectivity index (χ4v) is 4.14. The number of rotatable bonds is 0. The highest BCUT2D eigenvalue weighted by Crippen LogP contribution is 2.55. The molecule has 0 radical (unpaired) electrons. The molecule has 1 aromatic rings. The van der Waals surface area contributed by atoms with Gasteiger partial charge < -0.3 is 5.11 Å². The van der Waals surface area contributed by atoms with Gasteiger partial charge >= 0.3 is 0 Å². The third-order valence-electron chi connectivity index (χ3n) is 4.38. The average molecular weight is 307 g/mol. The highest BCUT2D eigenvalue weighted by atomic mass is 79.9. The van der Waals surface area contributed by atoms with E-state index in [1.807, 2.05) is 13.0 Å². The monoisotopic (exact) mass is 306 g/mol. The molecule has 0 aromatic heterocycles. The summed E-state index contributed by atoms with van der Waals surface area (Å²) in [5.74, 6) is 0.542. The molecule has 1 aromatic carbocycles. The third kappa shape index (κ3) is 1.43. The summed E-state index contributed by atoms with van der Waals surface area (Å²) in [5, 5.41) is 9.82. The number of Topliss-reactive ketones (excluding diaryl/α,β-unsaturated/α-hetero) is 1. The van der Waals surface area contributed by atoms with Gasteiger partial charge in [0.1, 0.15) is 5.75 Å². The Hall–Kier alpha value is -1.09. The van der Waals surface area contributed by atoms with Gasteiger partial charge in [0, 0.05) is 6.42 Å². The number of benzene rings is 1. The quantitative estimate of drug-likeness (QED) is 0.793. The molecule has 0 amide bonds. The highest BCUT2D eigenvalue weighted by Gasteiger charge is 2.44. The van der Waals surface area contributed by atoms with E-state index in [2.05, 4.69) is 22.9 Å². The Bertz CT molecular complexity index is 601. The van der Waals surface area contributed by atoms with Gasteiger partial charge in [-0.3, -0.25) is 4.79 Å². The summed E-state index contributed by atoms with van der Waals surface area (Å²) in [4.78, 5) is 11.9. The van der Waals surface area contributed by atoms with Gasteiger partial charge in [-0.1, -0.05) is 13.0 Å². The zero-order valence-corrected chi connectivity index (χ0v) is 12.1. The molecule has 1 atom stereocenters. The maximum Gasteiger partial charge on any atom is 0.170 e. The molecule has 0 spiro atoms. The first-order valence-corrected chi connectivity index (χ1v) is 6.98. The number of halogens is 1. The number of phenols is 1. The van der Waals surface area contributed by atoms with E-state index in [9.17, 15) is 9.90 Å². The van der Waals surface area contributed by atoms with Crippen LogP contribution in [0.1, 0.15) is 36.5 Å². The second-order valence-corrected chi connectivity index (χ2v) is 6.38. The van der Waals surface area contributed by atoms with Crippen LogP contribution in [-0.4, -0.2) is 10.9 Å². The summed E-state index contributed by atoms with van der Waals surface area (Å²) in [5.41, 5.74) is 4.44. The van der Waals surface area contributed by atoms with Crippen molar-refractivity contribution in [1.29, 1.82) is 0 Å². The van der Waals surface area contributed by atoms with Crippen LogP contribution >= 0.6 is 15.9 Å². The summed E-state index contributed by atoms with van der Waals surface area (Å²) in [6.45, 7) is 4.16. The van der Waals surface area contributed by atoms with Crippen molar-refractivity contribution >= 4 is 27.3 Å². The maximum absolute atomic E-state index is 11.9. The number of phenolic OH excluding ortho intramolecular Hbond substituents is 1. The number of allylic oxidation sites excluding steroid dienone is 2. The van der Waals surface area contributed by atoms with Crippen molar-refractivity contribution in [3.63, 3.8) is 0 Å². The molecule has 18 heavy (non-hydrogen) atoms. The molecule has 0 aliphatic heterocycles. The SMILES string of the molecule is Cc1c(O)ccc2c1CC1(C)CCC(=O)C(Br)=C21. The van der Waals surface area contributed by atoms with Crippen LogP contribution in [0, 0.1) is 12.3 Å². The third-order valence-corrected chi connectivity index (χ3v) is 5.22. The lowest BCUT2D eigenvalue weighted by Crippen LogP contribution is -2.23. The van der Waals surface area contributed by atoms with E-state index >= 15 is 0 Å². The molecule has 0 bridgehead atoms. The van der Waals surface area contributed by atoms with E-state index in [4.69, 9.17) is 0 Å². The molecule has 3 heteroatoms. The van der Waals surface area contributed by atoms with Gasteiger partial charge in [-0.15, -0.1) is 0 Å². The molecule has 0 fully saturated rings. The highest BCUT2D eigenvalue weighted by molar-refractivity contribution is 9.12. The van der Waals surface area contributed by atoms with Gasteiger partial charge in [-0.25, -0.2) is 0 Å². The predicted molar refractivity (Wildman–Crippen MR) is 74.7 cm³/mol. The number of carbonyl (C=O) groups is 1. The molecule has 1 N–H and O–H groups in total. The fraction of sp³-hybridized carbons (Fsp3) is 0.400. The number of aromatic hydroxyl groups is 1. The van der Waals surface area contributed by atoms with Gasteiger partial charge in [0.2, 0.25) is 0 Å². The number of hydrogen-bond acceptors (Lipinski definition) is 2. The largest absolute Gasteiger partial charge is 0.508 e. The van der Waals surface area contributed by atoms with Crippen LogP contribution < -0.4 is 0 Å². The van der Waals surface area contributed by atoms with Crippen LogP contribution in [0.2, 0.25) is 0 Å². The second kappa shape index (κ2) is 3.70. The number of ketones is 1. The van der Waals surface area contributed by atoms with E-state index in [-0.39, 0.29) is 11.2 Å². The van der Waals surface area contributed by atoms with Crippen LogP contribution in [-0.2, 0) is 11.2 Å². The van der Waals surface area contributed by atoms with Crippen molar-refractivity contribution in [2.45, 2.75) is 33.1 Å². The van der Waals surface area contributed by atoms with Crippen LogP contribution in [0.4, 0.5) is 0 Å². The van der Waals surface area contributed by atoms with Crippen molar-refractivity contribution < 1.29 is 9.90 Å². The number of fused-ring (bicyclic) bond motifs is 3. The van der Waals surface area contributed by atoms with Crippen molar-refractivity contribution in [2.24, 2.45) is 5.41 Å². The Morgan fingerprint density at radius 1 is 1.39 bits per heavy atom. The number of hydrogen-bond donors (Lipinski definition) is 1. The summed E-state index contributed by atoms with van der Waals surface area (Å²) in [6, 6.07) is 3.67. The smallest absolute Gasteiger partial charge is 0.170 e. The molecule has 1 unspecified atom stereocenters. The molecular weight excluding hydrogens is 292 g/mol. The summed E-state index contributed by atoms with van der Waals surface area (Å²) in [6.07, 6.45) is 2.42. The molecular formula is C15H15BrO2. The van der Waals surface area contributed by atoms with Crippen molar-refractivity contribution in [2.75, 3.05) is 0 Å². The lowest BCUT2D eigenvalue weighted by molar-refractivity contribution is -0.115. The molecule has 2 aliphatic rings. The van der Waals surface area contributed by atoms with Gasteiger partial charge in [-0.05, 0) is 69.4 Å². The Morgan fingerprint density at radius 3 is 2.83 bits per heavy atom. The van der Waals surface area contributed by atoms with E-state index in [1.165, 1.54) is 5.56 Å². The first-order chi connectivity index (χ1) is 8.44. The van der Waals surface area contributed by atoms with Crippen LogP contribution in [0.3, 0.4) is 0 Å². The fourth-order valence-electron chi connectivity index (χ4n) is 3.25. The van der Waals surface area contributed by atoms with Gasteiger partial charge in [0.15, 0.2) is 5.78 Å². The minimum Gasteiger partial charge on any atom is -0.508 e. The molecule has 0 saturated heterocycles. The lowest BCUT2D eigenvalue weighted by atomic mass is 9.74. The van der Waals surface area contributed by atoms with Gasteiger partial charge in [0.25, 0.3) is 0 Å². The summed E-state index contributed by atoms with van der Waals surface area (Å²) in [7, 11) is 0. The predicted octanol–water partition coefficient (Wildman–Crippen LogP) is 3.73.